The second-order valence-corrected chi connectivity index (χ2v) is 6.58. The molecular weight excluding hydrogens is 244 g/mol. The van der Waals surface area contributed by atoms with Crippen LogP contribution in [0.5, 0.6) is 0 Å². The van der Waals surface area contributed by atoms with Gasteiger partial charge >= 0.3 is 0 Å². The molecule has 0 saturated carbocycles. The van der Waals surface area contributed by atoms with E-state index in [2.05, 4.69) is 61.3 Å². The molecule has 1 aliphatic heterocycles. The largest absolute Gasteiger partial charge is 0.370 e. The number of nitrogens with zero attached hydrogens (tertiary/aromatic N) is 1. The van der Waals surface area contributed by atoms with Crippen LogP contribution in [0.2, 0.25) is 0 Å². The Labute approximate surface area is 124 Å². The summed E-state index contributed by atoms with van der Waals surface area (Å²) in [5.74, 6) is 1.61. The van der Waals surface area contributed by atoms with E-state index in [0.29, 0.717) is 6.04 Å². The van der Waals surface area contributed by atoms with Crippen molar-refractivity contribution in [2.24, 2.45) is 11.8 Å². The normalized spacial score (nSPS) is 23.3. The summed E-state index contributed by atoms with van der Waals surface area (Å²) in [4.78, 5) is 2.56. The second kappa shape index (κ2) is 7.68. The minimum atomic E-state index is 0.646. The molecule has 1 saturated heterocycles. The first-order chi connectivity index (χ1) is 9.69. The third-order valence-electron chi connectivity index (χ3n) is 4.39. The summed E-state index contributed by atoms with van der Waals surface area (Å²) in [6.07, 6.45) is 3.89. The van der Waals surface area contributed by atoms with Crippen LogP contribution in [-0.2, 0) is 0 Å². The fourth-order valence-corrected chi connectivity index (χ4v) is 3.07. The van der Waals surface area contributed by atoms with Crippen molar-refractivity contribution in [3.63, 3.8) is 0 Å². The highest BCUT2D eigenvalue weighted by atomic mass is 15.2. The molecule has 1 aliphatic rings. The van der Waals surface area contributed by atoms with Crippen LogP contribution >= 0.6 is 0 Å². The van der Waals surface area contributed by atoms with E-state index in [4.69, 9.17) is 0 Å². The molecule has 2 unspecified atom stereocenters. The van der Waals surface area contributed by atoms with Gasteiger partial charge in [0, 0.05) is 24.8 Å². The number of rotatable bonds is 6. The van der Waals surface area contributed by atoms with Crippen molar-refractivity contribution in [1.29, 1.82) is 0 Å². The van der Waals surface area contributed by atoms with Crippen molar-refractivity contribution in [3.05, 3.63) is 30.3 Å². The van der Waals surface area contributed by atoms with E-state index < -0.39 is 0 Å². The Morgan fingerprint density at radius 3 is 2.60 bits per heavy atom. The van der Waals surface area contributed by atoms with Crippen LogP contribution in [0.3, 0.4) is 0 Å². The zero-order valence-corrected chi connectivity index (χ0v) is 13.3. The molecule has 1 heterocycles. The average molecular weight is 274 g/mol. The van der Waals surface area contributed by atoms with Crippen LogP contribution in [-0.4, -0.2) is 25.7 Å². The van der Waals surface area contributed by atoms with Crippen LogP contribution in [0.25, 0.3) is 0 Å². The molecule has 20 heavy (non-hydrogen) atoms. The average Bonchev–Trinajstić information content (AvgIpc) is 2.47. The lowest BCUT2D eigenvalue weighted by molar-refractivity contribution is 0.322. The minimum absolute atomic E-state index is 0.646. The molecule has 0 aromatic heterocycles. The van der Waals surface area contributed by atoms with Crippen molar-refractivity contribution < 1.29 is 0 Å². The van der Waals surface area contributed by atoms with E-state index >= 15 is 0 Å². The molecule has 0 aliphatic carbocycles. The fourth-order valence-electron chi connectivity index (χ4n) is 3.07. The summed E-state index contributed by atoms with van der Waals surface area (Å²) in [6.45, 7) is 10.4. The smallest absolute Gasteiger partial charge is 0.0366 e. The number of piperidine rings is 1. The molecule has 2 nitrogen and oxygen atoms in total. The van der Waals surface area contributed by atoms with Gasteiger partial charge in [0.15, 0.2) is 0 Å². The fraction of sp³-hybridized carbons (Fsp3) is 0.667. The van der Waals surface area contributed by atoms with Gasteiger partial charge in [-0.1, -0.05) is 45.4 Å². The summed E-state index contributed by atoms with van der Waals surface area (Å²) < 4.78 is 0. The van der Waals surface area contributed by atoms with E-state index in [0.717, 1.165) is 24.9 Å². The van der Waals surface area contributed by atoms with Gasteiger partial charge in [0.05, 0.1) is 0 Å². The lowest BCUT2D eigenvalue weighted by atomic mass is 9.91. The summed E-state index contributed by atoms with van der Waals surface area (Å²) >= 11 is 0. The van der Waals surface area contributed by atoms with Gasteiger partial charge in [-0.2, -0.15) is 0 Å². The van der Waals surface area contributed by atoms with Crippen molar-refractivity contribution in [3.8, 4) is 0 Å². The van der Waals surface area contributed by atoms with Gasteiger partial charge < -0.3 is 10.2 Å². The molecule has 0 bridgehead atoms. The SMILES string of the molecule is CCC1CC(NCCC(C)C)CN(c2ccccc2)C1. The molecule has 2 heteroatoms. The summed E-state index contributed by atoms with van der Waals surface area (Å²) in [6, 6.07) is 11.5. The molecule has 1 aromatic rings. The molecule has 2 atom stereocenters. The van der Waals surface area contributed by atoms with E-state index in [1.54, 1.807) is 0 Å². The Hall–Kier alpha value is -1.02. The van der Waals surface area contributed by atoms with Crippen LogP contribution in [0, 0.1) is 11.8 Å². The maximum atomic E-state index is 3.78. The third kappa shape index (κ3) is 4.52. The predicted octanol–water partition coefficient (Wildman–Crippen LogP) is 3.93. The quantitative estimate of drug-likeness (QED) is 0.845. The molecular formula is C18H30N2. The van der Waals surface area contributed by atoms with E-state index in [1.165, 1.54) is 31.5 Å². The predicted molar refractivity (Wildman–Crippen MR) is 88.3 cm³/mol. The zero-order valence-electron chi connectivity index (χ0n) is 13.3. The van der Waals surface area contributed by atoms with E-state index in [9.17, 15) is 0 Å². The Kier molecular flexibility index (Phi) is 5.90. The lowest BCUT2D eigenvalue weighted by Crippen LogP contribution is -2.49. The van der Waals surface area contributed by atoms with E-state index in [1.807, 2.05) is 0 Å². The van der Waals surface area contributed by atoms with Crippen molar-refractivity contribution >= 4 is 5.69 Å². The van der Waals surface area contributed by atoms with Gasteiger partial charge in [0.2, 0.25) is 0 Å². The van der Waals surface area contributed by atoms with Crippen molar-refractivity contribution in [2.75, 3.05) is 24.5 Å². The molecule has 0 amide bonds. The molecule has 112 valence electrons. The maximum Gasteiger partial charge on any atom is 0.0366 e. The molecule has 1 N–H and O–H groups in total. The Bertz CT molecular complexity index is 374. The van der Waals surface area contributed by atoms with E-state index in [-0.39, 0.29) is 0 Å². The first kappa shape index (κ1) is 15.4. The maximum absolute atomic E-state index is 3.78. The second-order valence-electron chi connectivity index (χ2n) is 6.58. The summed E-state index contributed by atoms with van der Waals surface area (Å²) in [7, 11) is 0. The zero-order chi connectivity index (χ0) is 14.4. The highest BCUT2D eigenvalue weighted by molar-refractivity contribution is 5.46. The van der Waals surface area contributed by atoms with Gasteiger partial charge in [0.1, 0.15) is 0 Å². The molecule has 1 fully saturated rings. The monoisotopic (exact) mass is 274 g/mol. The Balaban J connectivity index is 1.93. The van der Waals surface area contributed by atoms with Gasteiger partial charge in [-0.3, -0.25) is 0 Å². The van der Waals surface area contributed by atoms with Crippen molar-refractivity contribution in [1.82, 2.24) is 5.32 Å². The van der Waals surface area contributed by atoms with Gasteiger partial charge in [0.25, 0.3) is 0 Å². The number of anilines is 1. The molecule has 0 spiro atoms. The van der Waals surface area contributed by atoms with Gasteiger partial charge in [-0.15, -0.1) is 0 Å². The highest BCUT2D eigenvalue weighted by Crippen LogP contribution is 2.25. The summed E-state index contributed by atoms with van der Waals surface area (Å²) in [5, 5.41) is 3.78. The number of hydrogen-bond acceptors (Lipinski definition) is 2. The van der Waals surface area contributed by atoms with Crippen LogP contribution in [0.4, 0.5) is 5.69 Å². The lowest BCUT2D eigenvalue weighted by Gasteiger charge is -2.39. The number of benzene rings is 1. The van der Waals surface area contributed by atoms with Crippen LogP contribution in [0.15, 0.2) is 30.3 Å². The topological polar surface area (TPSA) is 15.3 Å². The molecule has 0 radical (unpaired) electrons. The third-order valence-corrected chi connectivity index (χ3v) is 4.39. The summed E-state index contributed by atoms with van der Waals surface area (Å²) in [5.41, 5.74) is 1.38. The van der Waals surface area contributed by atoms with Crippen LogP contribution in [0.1, 0.15) is 40.0 Å². The number of nitrogens with one attached hydrogen (secondary N) is 1. The van der Waals surface area contributed by atoms with Crippen molar-refractivity contribution in [2.45, 2.75) is 46.1 Å². The molecule has 2 rings (SSSR count). The first-order valence-electron chi connectivity index (χ1n) is 8.22. The Morgan fingerprint density at radius 2 is 1.95 bits per heavy atom. The highest BCUT2D eigenvalue weighted by Gasteiger charge is 2.25. The standard InChI is InChI=1S/C18H30N2/c1-4-16-12-17(19-11-10-15(2)3)14-20(13-16)18-8-6-5-7-9-18/h5-9,15-17,19H,4,10-14H2,1-3H3. The first-order valence-corrected chi connectivity index (χ1v) is 8.22. The Morgan fingerprint density at radius 1 is 1.20 bits per heavy atom. The van der Waals surface area contributed by atoms with Gasteiger partial charge in [-0.05, 0) is 43.4 Å². The number of para-hydroxylation sites is 1. The minimum Gasteiger partial charge on any atom is -0.370 e. The van der Waals surface area contributed by atoms with Crippen LogP contribution < -0.4 is 10.2 Å². The van der Waals surface area contributed by atoms with Gasteiger partial charge in [-0.25, -0.2) is 0 Å². The molecule has 1 aromatic carbocycles. The number of hydrogen-bond donors (Lipinski definition) is 1.